The van der Waals surface area contributed by atoms with Crippen molar-refractivity contribution in [3.8, 4) is 5.69 Å². The SMILES string of the molecule is Cc1nn(C)c2nc(C3CC3)cc(C(=O)Nc3ccc(F)c(-n4nnnc4C)c3)c12. The van der Waals surface area contributed by atoms with Gasteiger partial charge in [0, 0.05) is 24.3 Å². The van der Waals surface area contributed by atoms with Crippen molar-refractivity contribution in [3.63, 3.8) is 0 Å². The van der Waals surface area contributed by atoms with E-state index >= 15 is 0 Å². The van der Waals surface area contributed by atoms with E-state index in [0.717, 1.165) is 29.6 Å². The third-order valence-corrected chi connectivity index (χ3v) is 5.29. The molecule has 1 N–H and O–H groups in total. The van der Waals surface area contributed by atoms with Gasteiger partial charge in [0.25, 0.3) is 5.91 Å². The Morgan fingerprint density at radius 2 is 2.03 bits per heavy atom. The van der Waals surface area contributed by atoms with Crippen LogP contribution in [0.5, 0.6) is 0 Å². The zero-order valence-electron chi connectivity index (χ0n) is 16.7. The Kier molecular flexibility index (Phi) is 4.09. The summed E-state index contributed by atoms with van der Waals surface area (Å²) in [7, 11) is 1.82. The number of tetrazole rings is 1. The van der Waals surface area contributed by atoms with Gasteiger partial charge in [-0.25, -0.2) is 9.37 Å². The van der Waals surface area contributed by atoms with Gasteiger partial charge in [-0.05, 0) is 61.4 Å². The summed E-state index contributed by atoms with van der Waals surface area (Å²) >= 11 is 0. The highest BCUT2D eigenvalue weighted by atomic mass is 19.1. The minimum Gasteiger partial charge on any atom is -0.322 e. The number of carbonyl (C=O) groups excluding carboxylic acids is 1. The highest BCUT2D eigenvalue weighted by molar-refractivity contribution is 6.12. The molecule has 9 nitrogen and oxygen atoms in total. The lowest BCUT2D eigenvalue weighted by atomic mass is 10.1. The highest BCUT2D eigenvalue weighted by Crippen LogP contribution is 2.40. The van der Waals surface area contributed by atoms with Gasteiger partial charge in [-0.1, -0.05) is 0 Å². The van der Waals surface area contributed by atoms with E-state index in [9.17, 15) is 9.18 Å². The van der Waals surface area contributed by atoms with Crippen LogP contribution in [-0.4, -0.2) is 40.9 Å². The molecule has 1 saturated carbocycles. The Morgan fingerprint density at radius 3 is 2.73 bits per heavy atom. The molecule has 0 unspecified atom stereocenters. The molecule has 4 aromatic rings. The van der Waals surface area contributed by atoms with Gasteiger partial charge >= 0.3 is 0 Å². The topological polar surface area (TPSA) is 103 Å². The van der Waals surface area contributed by atoms with Crippen LogP contribution in [-0.2, 0) is 7.05 Å². The molecule has 1 amide bonds. The predicted octanol–water partition coefficient (Wildman–Crippen LogP) is 2.83. The van der Waals surface area contributed by atoms with Gasteiger partial charge in [0.2, 0.25) is 0 Å². The molecule has 0 bridgehead atoms. The van der Waals surface area contributed by atoms with Crippen molar-refractivity contribution in [1.82, 2.24) is 35.0 Å². The summed E-state index contributed by atoms with van der Waals surface area (Å²) in [6, 6.07) is 6.14. The van der Waals surface area contributed by atoms with E-state index < -0.39 is 5.82 Å². The molecule has 30 heavy (non-hydrogen) atoms. The molecule has 0 radical (unpaired) electrons. The second kappa shape index (κ2) is 6.68. The van der Waals surface area contributed by atoms with E-state index in [1.54, 1.807) is 11.6 Å². The van der Waals surface area contributed by atoms with Crippen LogP contribution in [0.25, 0.3) is 16.7 Å². The number of benzene rings is 1. The average molecular weight is 406 g/mol. The molecule has 0 saturated heterocycles. The number of rotatable bonds is 4. The van der Waals surface area contributed by atoms with Crippen LogP contribution in [0, 0.1) is 19.7 Å². The highest BCUT2D eigenvalue weighted by Gasteiger charge is 2.28. The maximum absolute atomic E-state index is 14.3. The molecule has 0 aliphatic heterocycles. The number of hydrogen-bond donors (Lipinski definition) is 1. The molecule has 1 aliphatic rings. The van der Waals surface area contributed by atoms with Crippen molar-refractivity contribution < 1.29 is 9.18 Å². The van der Waals surface area contributed by atoms with Crippen molar-refractivity contribution in [2.75, 3.05) is 5.32 Å². The number of nitrogens with one attached hydrogen (secondary N) is 1. The number of aryl methyl sites for hydroxylation is 3. The Bertz CT molecular complexity index is 1300. The normalized spacial score (nSPS) is 13.7. The number of halogens is 1. The van der Waals surface area contributed by atoms with E-state index in [0.29, 0.717) is 28.6 Å². The first-order valence-corrected chi connectivity index (χ1v) is 9.63. The predicted molar refractivity (Wildman–Crippen MR) is 107 cm³/mol. The molecule has 3 aromatic heterocycles. The van der Waals surface area contributed by atoms with Crippen LogP contribution in [0.1, 0.15) is 46.3 Å². The third-order valence-electron chi connectivity index (χ3n) is 5.29. The van der Waals surface area contributed by atoms with Crippen LogP contribution in [0.4, 0.5) is 10.1 Å². The van der Waals surface area contributed by atoms with Gasteiger partial charge in [0.05, 0.1) is 16.6 Å². The second-order valence-electron chi connectivity index (χ2n) is 7.53. The van der Waals surface area contributed by atoms with E-state index in [1.165, 1.54) is 22.9 Å². The molecule has 5 rings (SSSR count). The number of pyridine rings is 1. The summed E-state index contributed by atoms with van der Waals surface area (Å²) in [5, 5.41) is 19.2. The summed E-state index contributed by atoms with van der Waals surface area (Å²) in [5.41, 5.74) is 3.43. The number of fused-ring (bicyclic) bond motifs is 1. The van der Waals surface area contributed by atoms with Crippen molar-refractivity contribution in [2.24, 2.45) is 7.05 Å². The minimum atomic E-state index is -0.492. The molecule has 152 valence electrons. The smallest absolute Gasteiger partial charge is 0.256 e. The zero-order chi connectivity index (χ0) is 21.0. The Labute approximate surface area is 170 Å². The number of anilines is 1. The molecule has 10 heteroatoms. The molecule has 1 aliphatic carbocycles. The standard InChI is InChI=1S/C20H19FN8O/c1-10-18-14(9-16(12-4-5-12)23-19(18)28(3)25-10)20(30)22-13-6-7-15(21)17(8-13)29-11(2)24-26-27-29/h6-9,12H,4-5H2,1-3H3,(H,22,30). The van der Waals surface area contributed by atoms with Crippen LogP contribution in [0.2, 0.25) is 0 Å². The van der Waals surface area contributed by atoms with Crippen LogP contribution in [0.15, 0.2) is 24.3 Å². The Morgan fingerprint density at radius 1 is 1.23 bits per heavy atom. The van der Waals surface area contributed by atoms with Crippen molar-refractivity contribution >= 4 is 22.6 Å². The quantitative estimate of drug-likeness (QED) is 0.559. The number of hydrogen-bond acceptors (Lipinski definition) is 6. The summed E-state index contributed by atoms with van der Waals surface area (Å²) in [6.45, 7) is 3.52. The number of nitrogens with zero attached hydrogens (tertiary/aromatic N) is 7. The molecular formula is C20H19FN8O. The van der Waals surface area contributed by atoms with Crippen molar-refractivity contribution in [2.45, 2.75) is 32.6 Å². The fourth-order valence-corrected chi connectivity index (χ4v) is 3.64. The van der Waals surface area contributed by atoms with Gasteiger partial charge in [0.1, 0.15) is 11.5 Å². The fraction of sp³-hybridized carbons (Fsp3) is 0.300. The summed E-state index contributed by atoms with van der Waals surface area (Å²) in [5.74, 6) is 0.0323. The zero-order valence-corrected chi connectivity index (χ0v) is 16.7. The summed E-state index contributed by atoms with van der Waals surface area (Å²) in [6.07, 6.45) is 2.14. The lowest BCUT2D eigenvalue weighted by Gasteiger charge is -2.11. The van der Waals surface area contributed by atoms with Crippen LogP contribution >= 0.6 is 0 Å². The molecule has 3 heterocycles. The van der Waals surface area contributed by atoms with E-state index in [2.05, 4.69) is 25.9 Å². The fourth-order valence-electron chi connectivity index (χ4n) is 3.64. The van der Waals surface area contributed by atoms with Crippen LogP contribution < -0.4 is 5.32 Å². The van der Waals surface area contributed by atoms with Crippen molar-refractivity contribution in [1.29, 1.82) is 0 Å². The van der Waals surface area contributed by atoms with Gasteiger partial charge in [0.15, 0.2) is 11.5 Å². The van der Waals surface area contributed by atoms with Gasteiger partial charge in [-0.2, -0.15) is 9.78 Å². The number of amides is 1. The molecular weight excluding hydrogens is 387 g/mol. The first kappa shape index (κ1) is 18.3. The average Bonchev–Trinajstić information content (AvgIpc) is 3.43. The third kappa shape index (κ3) is 3.00. The van der Waals surface area contributed by atoms with E-state index in [-0.39, 0.29) is 11.6 Å². The monoisotopic (exact) mass is 406 g/mol. The van der Waals surface area contributed by atoms with Gasteiger partial charge in [-0.3, -0.25) is 9.48 Å². The molecule has 1 fully saturated rings. The number of aromatic nitrogens is 7. The molecule has 1 aromatic carbocycles. The lowest BCUT2D eigenvalue weighted by molar-refractivity contribution is 0.102. The van der Waals surface area contributed by atoms with Gasteiger partial charge in [-0.15, -0.1) is 5.10 Å². The second-order valence-corrected chi connectivity index (χ2v) is 7.53. The van der Waals surface area contributed by atoms with Crippen molar-refractivity contribution in [3.05, 3.63) is 52.9 Å². The van der Waals surface area contributed by atoms with E-state index in [1.807, 2.05) is 20.0 Å². The number of carbonyl (C=O) groups is 1. The lowest BCUT2D eigenvalue weighted by Crippen LogP contribution is -2.14. The largest absolute Gasteiger partial charge is 0.322 e. The van der Waals surface area contributed by atoms with E-state index in [4.69, 9.17) is 4.98 Å². The maximum atomic E-state index is 14.3. The Balaban J connectivity index is 1.55. The Hall–Kier alpha value is -3.69. The first-order chi connectivity index (χ1) is 14.4. The van der Waals surface area contributed by atoms with Gasteiger partial charge < -0.3 is 5.32 Å². The van der Waals surface area contributed by atoms with Crippen LogP contribution in [0.3, 0.4) is 0 Å². The maximum Gasteiger partial charge on any atom is 0.256 e. The summed E-state index contributed by atoms with van der Waals surface area (Å²) < 4.78 is 17.3. The first-order valence-electron chi connectivity index (χ1n) is 9.63. The molecule has 0 spiro atoms. The summed E-state index contributed by atoms with van der Waals surface area (Å²) in [4.78, 5) is 17.9. The molecule has 0 atom stereocenters. The minimum absolute atomic E-state index is 0.159.